The summed E-state index contributed by atoms with van der Waals surface area (Å²) in [5, 5.41) is 8.14. The van der Waals surface area contributed by atoms with Gasteiger partial charge in [-0.1, -0.05) is 0 Å². The highest BCUT2D eigenvalue weighted by Crippen LogP contribution is 2.29. The molecule has 0 aliphatic carbocycles. The fourth-order valence-corrected chi connectivity index (χ4v) is 3.75. The summed E-state index contributed by atoms with van der Waals surface area (Å²) in [4.78, 5) is 2.65. The largest absolute Gasteiger partial charge is 0.316 e. The lowest BCUT2D eigenvalue weighted by Crippen LogP contribution is -2.42. The van der Waals surface area contributed by atoms with Crippen LogP contribution in [0.4, 0.5) is 0 Å². The van der Waals surface area contributed by atoms with Crippen LogP contribution in [-0.4, -0.2) is 40.4 Å². The molecule has 4 heteroatoms. The highest BCUT2D eigenvalue weighted by molar-refractivity contribution is 5.27. The molecule has 0 bridgehead atoms. The fraction of sp³-hybridized carbons (Fsp3) is 0.824. The Bertz CT molecular complexity index is 458. The third-order valence-corrected chi connectivity index (χ3v) is 5.01. The molecule has 2 unspecified atom stereocenters. The van der Waals surface area contributed by atoms with E-state index in [2.05, 4.69) is 49.9 Å². The standard InChI is InChI=1S/C17H32N4/c1-12(2)21(11-16-8-7-9-18-10-16)15(5)17-13(3)19-20(6)14(17)4/h12,15-16,18H,7-11H2,1-6H3. The summed E-state index contributed by atoms with van der Waals surface area (Å²) in [5.74, 6) is 0.779. The molecule has 1 aromatic rings. The molecule has 4 nitrogen and oxygen atoms in total. The first-order valence-electron chi connectivity index (χ1n) is 8.38. The van der Waals surface area contributed by atoms with Crippen LogP contribution < -0.4 is 5.32 Å². The molecule has 2 atom stereocenters. The Morgan fingerprint density at radius 3 is 2.52 bits per heavy atom. The Balaban J connectivity index is 2.16. The van der Waals surface area contributed by atoms with E-state index in [0.717, 1.165) is 5.92 Å². The molecule has 1 N–H and O–H groups in total. The third kappa shape index (κ3) is 3.67. The van der Waals surface area contributed by atoms with E-state index >= 15 is 0 Å². The van der Waals surface area contributed by atoms with Gasteiger partial charge >= 0.3 is 0 Å². The number of nitrogens with one attached hydrogen (secondary N) is 1. The normalized spacial score (nSPS) is 21.2. The zero-order chi connectivity index (χ0) is 15.6. The summed E-state index contributed by atoms with van der Waals surface area (Å²) in [6.45, 7) is 14.8. The predicted octanol–water partition coefficient (Wildman–Crippen LogP) is 2.81. The molecule has 2 heterocycles. The van der Waals surface area contributed by atoms with Crippen molar-refractivity contribution in [3.8, 4) is 0 Å². The lowest BCUT2D eigenvalue weighted by molar-refractivity contribution is 0.126. The second kappa shape index (κ2) is 6.93. The van der Waals surface area contributed by atoms with Crippen molar-refractivity contribution in [3.05, 3.63) is 17.0 Å². The molecule has 21 heavy (non-hydrogen) atoms. The number of hydrogen-bond donors (Lipinski definition) is 1. The minimum Gasteiger partial charge on any atom is -0.316 e. The topological polar surface area (TPSA) is 33.1 Å². The van der Waals surface area contributed by atoms with Gasteiger partial charge in [0.1, 0.15) is 0 Å². The van der Waals surface area contributed by atoms with Crippen LogP contribution in [0.3, 0.4) is 0 Å². The van der Waals surface area contributed by atoms with Gasteiger partial charge < -0.3 is 5.32 Å². The smallest absolute Gasteiger partial charge is 0.0644 e. The van der Waals surface area contributed by atoms with Crippen LogP contribution in [0, 0.1) is 19.8 Å². The van der Waals surface area contributed by atoms with Gasteiger partial charge in [0.15, 0.2) is 0 Å². The first-order chi connectivity index (χ1) is 9.91. The Hall–Kier alpha value is -0.870. The van der Waals surface area contributed by atoms with Crippen LogP contribution in [0.2, 0.25) is 0 Å². The summed E-state index contributed by atoms with van der Waals surface area (Å²) in [6.07, 6.45) is 2.67. The predicted molar refractivity (Wildman–Crippen MR) is 88.5 cm³/mol. The van der Waals surface area contributed by atoms with Gasteiger partial charge in [-0.3, -0.25) is 9.58 Å². The van der Waals surface area contributed by atoms with Crippen molar-refractivity contribution >= 4 is 0 Å². The van der Waals surface area contributed by atoms with E-state index < -0.39 is 0 Å². The van der Waals surface area contributed by atoms with Crippen molar-refractivity contribution in [1.29, 1.82) is 0 Å². The van der Waals surface area contributed by atoms with Crippen molar-refractivity contribution < 1.29 is 0 Å². The third-order valence-electron chi connectivity index (χ3n) is 5.01. The Morgan fingerprint density at radius 1 is 1.33 bits per heavy atom. The van der Waals surface area contributed by atoms with Crippen LogP contribution in [0.1, 0.15) is 56.6 Å². The van der Waals surface area contributed by atoms with E-state index in [1.165, 1.54) is 49.4 Å². The van der Waals surface area contributed by atoms with E-state index in [-0.39, 0.29) is 0 Å². The van der Waals surface area contributed by atoms with Gasteiger partial charge in [-0.05, 0) is 66.5 Å². The number of aryl methyl sites for hydroxylation is 2. The van der Waals surface area contributed by atoms with E-state index in [0.29, 0.717) is 12.1 Å². The minimum absolute atomic E-state index is 0.431. The Kier molecular flexibility index (Phi) is 5.44. The average molecular weight is 292 g/mol. The summed E-state index contributed by atoms with van der Waals surface area (Å²) >= 11 is 0. The maximum absolute atomic E-state index is 4.60. The van der Waals surface area contributed by atoms with Crippen LogP contribution in [0.5, 0.6) is 0 Å². The lowest BCUT2D eigenvalue weighted by atomic mass is 9.96. The molecule has 0 saturated carbocycles. The van der Waals surface area contributed by atoms with Gasteiger partial charge in [-0.25, -0.2) is 0 Å². The van der Waals surface area contributed by atoms with Gasteiger partial charge in [0.25, 0.3) is 0 Å². The molecule has 0 amide bonds. The molecule has 2 rings (SSSR count). The van der Waals surface area contributed by atoms with Gasteiger partial charge in [0.05, 0.1) is 5.69 Å². The molecule has 0 spiro atoms. The molecule has 1 aliphatic heterocycles. The number of piperidine rings is 1. The highest BCUT2D eigenvalue weighted by Gasteiger charge is 2.27. The van der Waals surface area contributed by atoms with E-state index in [9.17, 15) is 0 Å². The molecule has 0 aromatic carbocycles. The first kappa shape index (κ1) is 16.5. The van der Waals surface area contributed by atoms with Crippen molar-refractivity contribution in [2.24, 2.45) is 13.0 Å². The van der Waals surface area contributed by atoms with Crippen molar-refractivity contribution in [3.63, 3.8) is 0 Å². The molecule has 1 aliphatic rings. The van der Waals surface area contributed by atoms with Crippen LogP contribution in [-0.2, 0) is 7.05 Å². The highest BCUT2D eigenvalue weighted by atomic mass is 15.3. The second-order valence-corrected chi connectivity index (χ2v) is 6.89. The number of aromatic nitrogens is 2. The number of rotatable bonds is 5. The number of nitrogens with zero attached hydrogens (tertiary/aromatic N) is 3. The average Bonchev–Trinajstić information content (AvgIpc) is 2.70. The number of hydrogen-bond acceptors (Lipinski definition) is 3. The fourth-order valence-electron chi connectivity index (χ4n) is 3.75. The van der Waals surface area contributed by atoms with Crippen molar-refractivity contribution in [1.82, 2.24) is 20.0 Å². The molecule has 1 saturated heterocycles. The van der Waals surface area contributed by atoms with E-state index in [1.54, 1.807) is 0 Å². The zero-order valence-corrected chi connectivity index (χ0v) is 14.6. The summed E-state index contributed by atoms with van der Waals surface area (Å²) in [5.41, 5.74) is 3.89. The monoisotopic (exact) mass is 292 g/mol. The maximum Gasteiger partial charge on any atom is 0.0644 e. The van der Waals surface area contributed by atoms with Gasteiger partial charge in [0, 0.05) is 36.9 Å². The Morgan fingerprint density at radius 2 is 2.05 bits per heavy atom. The van der Waals surface area contributed by atoms with E-state index in [4.69, 9.17) is 0 Å². The van der Waals surface area contributed by atoms with Gasteiger partial charge in [-0.15, -0.1) is 0 Å². The Labute approximate surface area is 129 Å². The minimum atomic E-state index is 0.431. The first-order valence-corrected chi connectivity index (χ1v) is 8.38. The summed E-state index contributed by atoms with van der Waals surface area (Å²) in [7, 11) is 2.04. The molecule has 0 radical (unpaired) electrons. The van der Waals surface area contributed by atoms with Crippen LogP contribution >= 0.6 is 0 Å². The molecular weight excluding hydrogens is 260 g/mol. The van der Waals surface area contributed by atoms with Gasteiger partial charge in [0.2, 0.25) is 0 Å². The van der Waals surface area contributed by atoms with Crippen LogP contribution in [0.25, 0.3) is 0 Å². The van der Waals surface area contributed by atoms with Gasteiger partial charge in [-0.2, -0.15) is 5.10 Å². The van der Waals surface area contributed by atoms with Crippen molar-refractivity contribution in [2.45, 2.75) is 59.5 Å². The summed E-state index contributed by atoms with van der Waals surface area (Å²) < 4.78 is 2.02. The van der Waals surface area contributed by atoms with Crippen LogP contribution in [0.15, 0.2) is 0 Å². The summed E-state index contributed by atoms with van der Waals surface area (Å²) in [6, 6.07) is 0.988. The quantitative estimate of drug-likeness (QED) is 0.906. The SMILES string of the molecule is Cc1nn(C)c(C)c1C(C)N(CC1CCCNC1)C(C)C. The molecular formula is C17H32N4. The molecule has 120 valence electrons. The molecule has 1 fully saturated rings. The lowest BCUT2D eigenvalue weighted by Gasteiger charge is -2.37. The second-order valence-electron chi connectivity index (χ2n) is 6.89. The zero-order valence-electron chi connectivity index (χ0n) is 14.6. The van der Waals surface area contributed by atoms with Crippen molar-refractivity contribution in [2.75, 3.05) is 19.6 Å². The maximum atomic E-state index is 4.60. The van der Waals surface area contributed by atoms with E-state index in [1.807, 2.05) is 11.7 Å². The molecule has 1 aromatic heterocycles.